The smallest absolute Gasteiger partial charge is 0.227 e. The number of benzene rings is 1. The van der Waals surface area contributed by atoms with Crippen molar-refractivity contribution in [2.45, 2.75) is 39.2 Å². The topological polar surface area (TPSA) is 89.9 Å². The maximum atomic E-state index is 13.1. The molecule has 0 spiro atoms. The Labute approximate surface area is 158 Å². The lowest BCUT2D eigenvalue weighted by atomic mass is 10.1. The molecule has 7 nitrogen and oxygen atoms in total. The van der Waals surface area contributed by atoms with Crippen molar-refractivity contribution in [3.63, 3.8) is 0 Å². The van der Waals surface area contributed by atoms with Gasteiger partial charge in [-0.05, 0) is 38.8 Å². The van der Waals surface area contributed by atoms with E-state index in [2.05, 4.69) is 20.6 Å². The number of nitrogens with zero attached hydrogens (tertiary/aromatic N) is 5. The molecule has 0 radical (unpaired) electrons. The molecule has 1 aliphatic rings. The first-order valence-electron chi connectivity index (χ1n) is 9.26. The summed E-state index contributed by atoms with van der Waals surface area (Å²) in [6, 6.07) is 8.08. The predicted octanol–water partition coefficient (Wildman–Crippen LogP) is 2.47. The lowest BCUT2D eigenvalue weighted by Crippen LogP contribution is -2.33. The molecule has 0 bridgehead atoms. The van der Waals surface area contributed by atoms with E-state index < -0.39 is 0 Å². The number of nitrogen functional groups attached to an aromatic ring is 1. The summed E-state index contributed by atoms with van der Waals surface area (Å²) in [6.45, 7) is 4.50. The van der Waals surface area contributed by atoms with Crippen molar-refractivity contribution in [2.24, 2.45) is 7.05 Å². The van der Waals surface area contributed by atoms with Crippen molar-refractivity contribution in [2.75, 3.05) is 12.3 Å². The molecule has 0 aliphatic carbocycles. The van der Waals surface area contributed by atoms with Crippen LogP contribution < -0.4 is 5.73 Å². The molecule has 7 heteroatoms. The molecule has 2 N–H and O–H groups in total. The number of para-hydroxylation sites is 2. The van der Waals surface area contributed by atoms with Crippen LogP contribution in [-0.2, 0) is 18.3 Å². The molecular formula is C20H24N6O. The number of imidazole rings is 1. The Morgan fingerprint density at radius 3 is 2.59 bits per heavy atom. The van der Waals surface area contributed by atoms with Gasteiger partial charge in [-0.1, -0.05) is 12.1 Å². The van der Waals surface area contributed by atoms with Crippen LogP contribution in [0.5, 0.6) is 0 Å². The second-order valence-corrected chi connectivity index (χ2v) is 7.17. The largest absolute Gasteiger partial charge is 0.368 e. The lowest BCUT2D eigenvalue weighted by Gasteiger charge is -2.25. The molecule has 1 saturated heterocycles. The fraction of sp³-hybridized carbons (Fsp3) is 0.400. The minimum absolute atomic E-state index is 0.00483. The summed E-state index contributed by atoms with van der Waals surface area (Å²) in [6.07, 6.45) is 2.20. The van der Waals surface area contributed by atoms with Gasteiger partial charge < -0.3 is 15.2 Å². The number of nitrogens with two attached hydrogens (primary N) is 1. The molecule has 1 atom stereocenters. The number of likely N-dealkylation sites (tertiary alicyclic amines) is 1. The number of carbonyl (C=O) groups excluding carboxylic acids is 1. The fourth-order valence-corrected chi connectivity index (χ4v) is 4.07. The molecule has 27 heavy (non-hydrogen) atoms. The highest BCUT2D eigenvalue weighted by Crippen LogP contribution is 2.33. The minimum Gasteiger partial charge on any atom is -0.368 e. The van der Waals surface area contributed by atoms with Crippen LogP contribution in [0.1, 0.15) is 41.7 Å². The average molecular weight is 364 g/mol. The summed E-state index contributed by atoms with van der Waals surface area (Å²) in [5.41, 5.74) is 10.2. The number of hydrogen-bond acceptors (Lipinski definition) is 5. The van der Waals surface area contributed by atoms with Gasteiger partial charge in [-0.3, -0.25) is 4.79 Å². The summed E-state index contributed by atoms with van der Waals surface area (Å²) in [7, 11) is 2.02. The van der Waals surface area contributed by atoms with Gasteiger partial charge in [-0.15, -0.1) is 0 Å². The van der Waals surface area contributed by atoms with E-state index in [1.54, 1.807) is 0 Å². The van der Waals surface area contributed by atoms with Crippen molar-refractivity contribution in [3.05, 3.63) is 47.0 Å². The Morgan fingerprint density at radius 2 is 1.89 bits per heavy atom. The van der Waals surface area contributed by atoms with Crippen LogP contribution in [0, 0.1) is 13.8 Å². The summed E-state index contributed by atoms with van der Waals surface area (Å²) in [5, 5.41) is 0. The van der Waals surface area contributed by atoms with E-state index in [0.29, 0.717) is 6.42 Å². The van der Waals surface area contributed by atoms with Crippen LogP contribution >= 0.6 is 0 Å². The zero-order valence-electron chi connectivity index (χ0n) is 15.9. The molecule has 3 heterocycles. The van der Waals surface area contributed by atoms with Crippen LogP contribution in [0.3, 0.4) is 0 Å². The molecule has 1 amide bonds. The highest BCUT2D eigenvalue weighted by atomic mass is 16.2. The molecule has 4 rings (SSSR count). The van der Waals surface area contributed by atoms with Crippen molar-refractivity contribution in [1.29, 1.82) is 0 Å². The quantitative estimate of drug-likeness (QED) is 0.771. The van der Waals surface area contributed by atoms with Crippen LogP contribution in [-0.4, -0.2) is 36.9 Å². The van der Waals surface area contributed by atoms with E-state index in [1.807, 2.05) is 44.0 Å². The number of aryl methyl sites for hydroxylation is 3. The Hall–Kier alpha value is -2.96. The zero-order chi connectivity index (χ0) is 19.1. The Morgan fingerprint density at radius 1 is 1.19 bits per heavy atom. The number of rotatable bonds is 3. The molecule has 0 unspecified atom stereocenters. The van der Waals surface area contributed by atoms with E-state index in [4.69, 9.17) is 10.7 Å². The summed E-state index contributed by atoms with van der Waals surface area (Å²) < 4.78 is 2.11. The second kappa shape index (κ2) is 6.64. The lowest BCUT2D eigenvalue weighted by molar-refractivity contribution is -0.131. The first-order valence-corrected chi connectivity index (χ1v) is 9.26. The van der Waals surface area contributed by atoms with Crippen LogP contribution in [0.15, 0.2) is 24.3 Å². The van der Waals surface area contributed by atoms with Gasteiger partial charge in [0.05, 0.1) is 23.5 Å². The van der Waals surface area contributed by atoms with E-state index in [-0.39, 0.29) is 17.9 Å². The summed E-state index contributed by atoms with van der Waals surface area (Å²) in [4.78, 5) is 28.3. The predicted molar refractivity (Wildman–Crippen MR) is 104 cm³/mol. The molecular weight excluding hydrogens is 340 g/mol. The highest BCUT2D eigenvalue weighted by molar-refractivity contribution is 5.80. The van der Waals surface area contributed by atoms with Gasteiger partial charge >= 0.3 is 0 Å². The normalized spacial score (nSPS) is 17.0. The van der Waals surface area contributed by atoms with E-state index in [0.717, 1.165) is 53.2 Å². The van der Waals surface area contributed by atoms with Crippen molar-refractivity contribution in [1.82, 2.24) is 24.4 Å². The highest BCUT2D eigenvalue weighted by Gasteiger charge is 2.33. The second-order valence-electron chi connectivity index (χ2n) is 7.17. The number of carbonyl (C=O) groups is 1. The molecule has 3 aromatic rings. The third-order valence-electron chi connectivity index (χ3n) is 5.46. The van der Waals surface area contributed by atoms with Crippen molar-refractivity contribution < 1.29 is 4.79 Å². The van der Waals surface area contributed by atoms with Crippen LogP contribution in [0.25, 0.3) is 11.0 Å². The number of fused-ring (bicyclic) bond motifs is 1. The first-order chi connectivity index (χ1) is 13.0. The number of aromatic nitrogens is 4. The molecule has 1 aliphatic heterocycles. The summed E-state index contributed by atoms with van der Waals surface area (Å²) >= 11 is 0. The monoisotopic (exact) mass is 364 g/mol. The Kier molecular flexibility index (Phi) is 4.30. The maximum Gasteiger partial charge on any atom is 0.227 e. The SMILES string of the molecule is Cc1nc(N)nc(C)c1CC(=O)N1CCC[C@@H]1c1nc2ccccc2n1C. The van der Waals surface area contributed by atoms with E-state index >= 15 is 0 Å². The van der Waals surface area contributed by atoms with Gasteiger partial charge in [0.15, 0.2) is 0 Å². The molecule has 1 fully saturated rings. The van der Waals surface area contributed by atoms with E-state index in [1.165, 1.54) is 0 Å². The Balaban J connectivity index is 1.63. The van der Waals surface area contributed by atoms with Crippen LogP contribution in [0.4, 0.5) is 5.95 Å². The summed E-state index contributed by atoms with van der Waals surface area (Å²) in [5.74, 6) is 1.29. The Bertz CT molecular complexity index is 1000. The van der Waals surface area contributed by atoms with Gasteiger partial charge in [0.2, 0.25) is 11.9 Å². The molecule has 0 saturated carbocycles. The number of hydrogen-bond donors (Lipinski definition) is 1. The third-order valence-corrected chi connectivity index (χ3v) is 5.46. The third kappa shape index (κ3) is 3.03. The standard InChI is InChI=1S/C20H24N6O/c1-12-14(13(2)23-20(21)22-12)11-18(27)26-10-6-9-17(26)19-24-15-7-4-5-8-16(15)25(19)3/h4-5,7-8,17H,6,9-11H2,1-3H3,(H2,21,22,23)/t17-/m1/s1. The zero-order valence-corrected chi connectivity index (χ0v) is 15.9. The number of amides is 1. The molecule has 2 aromatic heterocycles. The minimum atomic E-state index is 0.00483. The van der Waals surface area contributed by atoms with Gasteiger partial charge in [0, 0.05) is 30.5 Å². The van der Waals surface area contributed by atoms with Gasteiger partial charge in [-0.2, -0.15) is 0 Å². The average Bonchev–Trinajstić information content (AvgIpc) is 3.23. The van der Waals surface area contributed by atoms with Gasteiger partial charge in [0.25, 0.3) is 0 Å². The van der Waals surface area contributed by atoms with Gasteiger partial charge in [0.1, 0.15) is 5.82 Å². The number of anilines is 1. The van der Waals surface area contributed by atoms with Crippen molar-refractivity contribution >= 4 is 22.9 Å². The maximum absolute atomic E-state index is 13.1. The molecule has 1 aromatic carbocycles. The van der Waals surface area contributed by atoms with Crippen molar-refractivity contribution in [3.8, 4) is 0 Å². The fourth-order valence-electron chi connectivity index (χ4n) is 4.07. The first kappa shape index (κ1) is 17.5. The van der Waals surface area contributed by atoms with Crippen LogP contribution in [0.2, 0.25) is 0 Å². The molecule has 140 valence electrons. The van der Waals surface area contributed by atoms with E-state index in [9.17, 15) is 4.79 Å². The van der Waals surface area contributed by atoms with Gasteiger partial charge in [-0.25, -0.2) is 15.0 Å².